The van der Waals surface area contributed by atoms with Gasteiger partial charge in [0.05, 0.1) is 11.2 Å². The third-order valence-corrected chi connectivity index (χ3v) is 4.18. The van der Waals surface area contributed by atoms with Crippen molar-refractivity contribution in [1.82, 2.24) is 20.0 Å². The molecule has 1 fully saturated rings. The van der Waals surface area contributed by atoms with Gasteiger partial charge >= 0.3 is 0 Å². The number of rotatable bonds is 3. The van der Waals surface area contributed by atoms with Crippen molar-refractivity contribution in [2.45, 2.75) is 6.54 Å². The average Bonchev–Trinajstić information content (AvgIpc) is 2.98. The monoisotopic (exact) mass is 340 g/mol. The number of carbonyl (C=O) groups excluding carboxylic acids is 1. The number of nitrogens with one attached hydrogen (secondary N) is 1. The summed E-state index contributed by atoms with van der Waals surface area (Å²) in [5.41, 5.74) is 0.595. The maximum absolute atomic E-state index is 13.7. The van der Waals surface area contributed by atoms with Crippen LogP contribution in [-0.2, 0) is 6.54 Å². The van der Waals surface area contributed by atoms with Crippen molar-refractivity contribution in [1.29, 1.82) is 0 Å². The average molecular weight is 341 g/mol. The number of amides is 1. The van der Waals surface area contributed by atoms with Gasteiger partial charge in [0.2, 0.25) is 0 Å². The van der Waals surface area contributed by atoms with Gasteiger partial charge in [-0.05, 0) is 6.07 Å². The van der Waals surface area contributed by atoms with Crippen LogP contribution in [0.2, 0.25) is 5.02 Å². The summed E-state index contributed by atoms with van der Waals surface area (Å²) in [5.74, 6) is -1.86. The number of aromatic nitrogens is 2. The second kappa shape index (κ2) is 6.64. The molecule has 2 aromatic rings. The fourth-order valence-corrected chi connectivity index (χ4v) is 2.77. The Balaban J connectivity index is 1.59. The maximum Gasteiger partial charge on any atom is 0.273 e. The molecule has 0 saturated carbocycles. The second-order valence-corrected chi connectivity index (χ2v) is 5.78. The quantitative estimate of drug-likeness (QED) is 0.932. The van der Waals surface area contributed by atoms with Crippen LogP contribution in [0, 0.1) is 11.6 Å². The predicted octanol–water partition coefficient (Wildman–Crippen LogP) is 2.30. The molecule has 1 aliphatic rings. The number of carbonyl (C=O) groups is 1. The number of benzene rings is 1. The predicted molar refractivity (Wildman–Crippen MR) is 81.1 cm³/mol. The van der Waals surface area contributed by atoms with Crippen molar-refractivity contribution in [3.8, 4) is 0 Å². The van der Waals surface area contributed by atoms with Crippen molar-refractivity contribution in [2.75, 3.05) is 26.2 Å². The molecule has 8 heteroatoms. The summed E-state index contributed by atoms with van der Waals surface area (Å²) < 4.78 is 26.9. The molecule has 1 aliphatic heterocycles. The van der Waals surface area contributed by atoms with E-state index < -0.39 is 11.6 Å². The van der Waals surface area contributed by atoms with E-state index in [2.05, 4.69) is 10.2 Å². The molecule has 1 aromatic heterocycles. The molecule has 3 rings (SSSR count). The van der Waals surface area contributed by atoms with Gasteiger partial charge in [-0.15, -0.1) is 0 Å². The minimum absolute atomic E-state index is 0.205. The van der Waals surface area contributed by atoms with E-state index in [9.17, 15) is 13.6 Å². The van der Waals surface area contributed by atoms with Crippen LogP contribution in [-0.4, -0.2) is 52.1 Å². The molecule has 2 heterocycles. The highest BCUT2D eigenvalue weighted by Gasteiger charge is 2.25. The first-order chi connectivity index (χ1) is 11.1. The van der Waals surface area contributed by atoms with Gasteiger partial charge in [-0.25, -0.2) is 8.78 Å². The highest BCUT2D eigenvalue weighted by atomic mass is 35.5. The molecule has 0 atom stereocenters. The standard InChI is InChI=1S/C15H15ClF2N4O/c16-11-8-19-20-14(11)15(23)22-6-4-21(5-7-22)9-10-2-1-3-12(17)13(10)18/h1-3,8H,4-7,9H2,(H,19,20). The van der Waals surface area contributed by atoms with Crippen LogP contribution in [0.15, 0.2) is 24.4 Å². The molecule has 122 valence electrons. The Bertz CT molecular complexity index is 713. The highest BCUT2D eigenvalue weighted by Crippen LogP contribution is 2.17. The van der Waals surface area contributed by atoms with E-state index in [0.29, 0.717) is 43.3 Å². The van der Waals surface area contributed by atoms with Crippen LogP contribution in [0.25, 0.3) is 0 Å². The van der Waals surface area contributed by atoms with Crippen LogP contribution < -0.4 is 0 Å². The summed E-state index contributed by atoms with van der Waals surface area (Å²) in [6, 6.07) is 4.16. The number of nitrogens with zero attached hydrogens (tertiary/aromatic N) is 3. The largest absolute Gasteiger partial charge is 0.335 e. The molecule has 0 spiro atoms. The number of halogens is 3. The maximum atomic E-state index is 13.7. The van der Waals surface area contributed by atoms with E-state index in [1.54, 1.807) is 11.0 Å². The van der Waals surface area contributed by atoms with E-state index in [-0.39, 0.29) is 11.6 Å². The molecule has 0 aliphatic carbocycles. The fraction of sp³-hybridized carbons (Fsp3) is 0.333. The second-order valence-electron chi connectivity index (χ2n) is 5.37. The summed E-state index contributed by atoms with van der Waals surface area (Å²) in [6.07, 6.45) is 1.39. The SMILES string of the molecule is O=C(c1[nH]ncc1Cl)N1CCN(Cc2cccc(F)c2F)CC1. The van der Waals surface area contributed by atoms with Crippen LogP contribution in [0.1, 0.15) is 16.1 Å². The third-order valence-electron chi connectivity index (χ3n) is 3.89. The Labute approximate surface area is 136 Å². The van der Waals surface area contributed by atoms with Gasteiger partial charge in [-0.3, -0.25) is 14.8 Å². The van der Waals surface area contributed by atoms with Crippen LogP contribution in [0.3, 0.4) is 0 Å². The zero-order chi connectivity index (χ0) is 16.4. The molecule has 23 heavy (non-hydrogen) atoms. The summed E-state index contributed by atoms with van der Waals surface area (Å²) in [6.45, 7) is 2.45. The lowest BCUT2D eigenvalue weighted by atomic mass is 10.1. The van der Waals surface area contributed by atoms with E-state index >= 15 is 0 Å². The Morgan fingerprint density at radius 2 is 2.00 bits per heavy atom. The smallest absolute Gasteiger partial charge is 0.273 e. The van der Waals surface area contributed by atoms with Crippen LogP contribution in [0.5, 0.6) is 0 Å². The van der Waals surface area contributed by atoms with Gasteiger partial charge < -0.3 is 4.90 Å². The Kier molecular flexibility index (Phi) is 4.58. The first kappa shape index (κ1) is 15.9. The summed E-state index contributed by atoms with van der Waals surface area (Å²) in [5, 5.41) is 6.61. The minimum atomic E-state index is -0.842. The fourth-order valence-electron chi connectivity index (χ4n) is 2.60. The minimum Gasteiger partial charge on any atom is -0.335 e. The van der Waals surface area contributed by atoms with Crippen molar-refractivity contribution in [3.63, 3.8) is 0 Å². The molecule has 1 N–H and O–H groups in total. The lowest BCUT2D eigenvalue weighted by molar-refractivity contribution is 0.0621. The van der Waals surface area contributed by atoms with Gasteiger partial charge in [-0.2, -0.15) is 5.10 Å². The number of H-pyrrole nitrogens is 1. The Morgan fingerprint density at radius 1 is 1.26 bits per heavy atom. The first-order valence-electron chi connectivity index (χ1n) is 7.19. The number of hydrogen-bond acceptors (Lipinski definition) is 3. The first-order valence-corrected chi connectivity index (χ1v) is 7.57. The summed E-state index contributed by atoms with van der Waals surface area (Å²) in [4.78, 5) is 15.9. The Morgan fingerprint density at radius 3 is 2.65 bits per heavy atom. The van der Waals surface area contributed by atoms with E-state index in [0.717, 1.165) is 6.07 Å². The molecular weight excluding hydrogens is 326 g/mol. The Hall–Kier alpha value is -1.99. The van der Waals surface area contributed by atoms with E-state index in [4.69, 9.17) is 11.6 Å². The zero-order valence-electron chi connectivity index (χ0n) is 12.2. The topological polar surface area (TPSA) is 52.2 Å². The normalized spacial score (nSPS) is 15.9. The van der Waals surface area contributed by atoms with Gasteiger partial charge in [0.25, 0.3) is 5.91 Å². The molecule has 5 nitrogen and oxygen atoms in total. The van der Waals surface area contributed by atoms with Crippen molar-refractivity contribution in [3.05, 3.63) is 52.3 Å². The molecule has 1 amide bonds. The molecule has 0 unspecified atom stereocenters. The molecular formula is C15H15ClF2N4O. The number of piperazine rings is 1. The lowest BCUT2D eigenvalue weighted by Gasteiger charge is -2.34. The zero-order valence-corrected chi connectivity index (χ0v) is 13.0. The third kappa shape index (κ3) is 3.35. The number of aromatic amines is 1. The van der Waals surface area contributed by atoms with E-state index in [1.807, 2.05) is 4.90 Å². The van der Waals surface area contributed by atoms with Crippen molar-refractivity contribution >= 4 is 17.5 Å². The number of hydrogen-bond donors (Lipinski definition) is 1. The molecule has 0 bridgehead atoms. The van der Waals surface area contributed by atoms with Gasteiger partial charge in [0.15, 0.2) is 11.6 Å². The van der Waals surface area contributed by atoms with Crippen LogP contribution >= 0.6 is 11.6 Å². The summed E-state index contributed by atoms with van der Waals surface area (Å²) in [7, 11) is 0. The lowest BCUT2D eigenvalue weighted by Crippen LogP contribution is -2.48. The summed E-state index contributed by atoms with van der Waals surface area (Å²) >= 11 is 5.89. The molecule has 1 aromatic carbocycles. The molecule has 0 radical (unpaired) electrons. The highest BCUT2D eigenvalue weighted by molar-refractivity contribution is 6.33. The van der Waals surface area contributed by atoms with Crippen LogP contribution in [0.4, 0.5) is 8.78 Å². The van der Waals surface area contributed by atoms with Gasteiger partial charge in [0.1, 0.15) is 5.69 Å². The van der Waals surface area contributed by atoms with Crippen molar-refractivity contribution < 1.29 is 13.6 Å². The van der Waals surface area contributed by atoms with Crippen molar-refractivity contribution in [2.24, 2.45) is 0 Å². The van der Waals surface area contributed by atoms with Gasteiger partial charge in [-0.1, -0.05) is 23.7 Å². The molecule has 1 saturated heterocycles. The van der Waals surface area contributed by atoms with Gasteiger partial charge in [0, 0.05) is 38.3 Å². The van der Waals surface area contributed by atoms with E-state index in [1.165, 1.54) is 12.3 Å².